The molecule has 0 radical (unpaired) electrons. The second kappa shape index (κ2) is 29.0. The second-order valence-corrected chi connectivity index (χ2v) is 17.6. The molecule has 0 atom stereocenters. The van der Waals surface area contributed by atoms with E-state index in [-0.39, 0.29) is 28.2 Å². The lowest BCUT2D eigenvalue weighted by molar-refractivity contribution is 0.0598. The number of carbonyl (C=O) groups excluding carboxylic acids is 5. The number of carboxylic acids is 2. The van der Waals surface area contributed by atoms with Gasteiger partial charge in [0.2, 0.25) is 0 Å². The molecule has 0 fully saturated rings. The van der Waals surface area contributed by atoms with Crippen LogP contribution in [-0.4, -0.2) is 71.1 Å². The lowest BCUT2D eigenvalue weighted by atomic mass is 10.0. The van der Waals surface area contributed by atoms with Gasteiger partial charge in [-0.05, 0) is 176 Å². The first-order valence-electron chi connectivity index (χ1n) is 24.7. The zero-order chi connectivity index (χ0) is 58.4. The van der Waals surface area contributed by atoms with Gasteiger partial charge in [0.1, 0.15) is 28.7 Å². The van der Waals surface area contributed by atoms with Crippen LogP contribution in [0.5, 0.6) is 28.7 Å². The summed E-state index contributed by atoms with van der Waals surface area (Å²) in [5, 5.41) is 26.2. The normalized spacial score (nSPS) is 10.0. The van der Waals surface area contributed by atoms with Gasteiger partial charge in [0.05, 0.1) is 47.6 Å². The number of phenols is 1. The number of hydrogen-bond donors (Lipinski definition) is 3. The number of carbonyl (C=O) groups is 7. The van der Waals surface area contributed by atoms with Crippen molar-refractivity contribution in [2.75, 3.05) is 14.2 Å². The van der Waals surface area contributed by atoms with Crippen LogP contribution in [0.2, 0.25) is 0 Å². The fourth-order valence-corrected chi connectivity index (χ4v) is 7.12. The summed E-state index contributed by atoms with van der Waals surface area (Å²) in [4.78, 5) is 80.6. The third-order valence-electron chi connectivity index (χ3n) is 11.7. The first-order valence-corrected chi connectivity index (χ1v) is 24.7. The second-order valence-electron chi connectivity index (χ2n) is 17.6. The Morgan fingerprint density at radius 1 is 0.309 bits per heavy atom. The van der Waals surface area contributed by atoms with Crippen molar-refractivity contribution in [1.29, 1.82) is 0 Å². The third-order valence-corrected chi connectivity index (χ3v) is 11.7. The Hall–Kier alpha value is -10.9. The molecule has 0 bridgehead atoms. The number of carboxylic acid groups (broad SMARTS) is 2. The average Bonchev–Trinajstić information content (AvgIpc) is 3.48. The largest absolute Gasteiger partial charge is 0.508 e. The van der Waals surface area contributed by atoms with E-state index < -0.39 is 35.8 Å². The SMILES string of the molecule is CC(=O)c1ccc(C(=O)O)cc1.COC(=O)c1ccc(OC(=O)c2ccc(C(=O)Oc3ccc(-c4ccc(OC(=O)c5ccc(OC)cc5)cc4)cc3)cc2)cc1.Cc1ccc(-c2ccc(O)cc2)cc1.Cc1ccc(C(=O)O)cc1. The fourth-order valence-electron chi connectivity index (χ4n) is 7.12. The van der Waals surface area contributed by atoms with Gasteiger partial charge in [-0.25, -0.2) is 28.8 Å². The molecule has 0 aliphatic heterocycles. The maximum atomic E-state index is 12.7. The van der Waals surface area contributed by atoms with Crippen molar-refractivity contribution in [3.63, 3.8) is 0 Å². The lowest BCUT2D eigenvalue weighted by Gasteiger charge is -2.08. The smallest absolute Gasteiger partial charge is 0.343 e. The van der Waals surface area contributed by atoms with Gasteiger partial charge < -0.3 is 39.0 Å². The van der Waals surface area contributed by atoms with E-state index in [2.05, 4.69) is 35.9 Å². The molecule has 408 valence electrons. The summed E-state index contributed by atoms with van der Waals surface area (Å²) in [5.74, 6) is -2.16. The minimum absolute atomic E-state index is 0.0630. The van der Waals surface area contributed by atoms with Crippen LogP contribution in [0, 0.1) is 13.8 Å². The fraction of sp³-hybridized carbons (Fsp3) is 0.0758. The van der Waals surface area contributed by atoms with Crippen molar-refractivity contribution in [3.05, 3.63) is 268 Å². The van der Waals surface area contributed by atoms with E-state index in [1.807, 2.05) is 31.2 Å². The van der Waals surface area contributed by atoms with Crippen LogP contribution < -0.4 is 18.9 Å². The number of rotatable bonds is 13. The van der Waals surface area contributed by atoms with Crippen molar-refractivity contribution in [2.45, 2.75) is 20.8 Å². The summed E-state index contributed by atoms with van der Waals surface area (Å²) < 4.78 is 26.0. The lowest BCUT2D eigenvalue weighted by Crippen LogP contribution is -2.11. The summed E-state index contributed by atoms with van der Waals surface area (Å²) in [7, 11) is 2.83. The van der Waals surface area contributed by atoms with E-state index in [9.17, 15) is 33.6 Å². The van der Waals surface area contributed by atoms with Crippen molar-refractivity contribution in [3.8, 4) is 51.0 Å². The van der Waals surface area contributed by atoms with Crippen LogP contribution in [0.3, 0.4) is 0 Å². The van der Waals surface area contributed by atoms with Crippen LogP contribution in [0.25, 0.3) is 22.3 Å². The number of aromatic carboxylic acids is 2. The number of phenolic OH excluding ortho intramolecular Hbond substituents is 1. The molecule has 3 N–H and O–H groups in total. The van der Waals surface area contributed by atoms with Crippen LogP contribution in [-0.2, 0) is 4.74 Å². The van der Waals surface area contributed by atoms with Gasteiger partial charge in [-0.2, -0.15) is 0 Å². The molecular formula is C66H54O15. The molecule has 9 aromatic rings. The Bertz CT molecular complexity index is 3500. The Morgan fingerprint density at radius 3 is 0.877 bits per heavy atom. The van der Waals surface area contributed by atoms with E-state index in [1.165, 1.54) is 98.0 Å². The van der Waals surface area contributed by atoms with Gasteiger partial charge in [0, 0.05) is 5.56 Å². The molecule has 0 heterocycles. The molecule has 0 saturated heterocycles. The van der Waals surface area contributed by atoms with E-state index in [1.54, 1.807) is 104 Å². The van der Waals surface area contributed by atoms with Gasteiger partial charge in [-0.15, -0.1) is 0 Å². The molecule has 9 rings (SSSR count). The number of esters is 4. The number of benzene rings is 9. The Labute approximate surface area is 466 Å². The number of ether oxygens (including phenoxy) is 5. The summed E-state index contributed by atoms with van der Waals surface area (Å²) in [6.45, 7) is 5.43. The highest BCUT2D eigenvalue weighted by Gasteiger charge is 2.15. The number of hydrogen-bond acceptors (Lipinski definition) is 13. The monoisotopic (exact) mass is 1090 g/mol. The first-order chi connectivity index (χ1) is 38.9. The highest BCUT2D eigenvalue weighted by atomic mass is 16.5. The van der Waals surface area contributed by atoms with E-state index >= 15 is 0 Å². The van der Waals surface area contributed by atoms with Gasteiger partial charge in [-0.3, -0.25) is 4.79 Å². The van der Waals surface area contributed by atoms with Crippen LogP contribution in [0.15, 0.2) is 218 Å². The molecule has 0 aliphatic rings. The molecule has 0 unspecified atom stereocenters. The van der Waals surface area contributed by atoms with Gasteiger partial charge in [-0.1, -0.05) is 96.1 Å². The molecule has 15 nitrogen and oxygen atoms in total. The molecule has 15 heteroatoms. The molecule has 0 saturated carbocycles. The number of methoxy groups -OCH3 is 2. The molecule has 0 spiro atoms. The number of aryl methyl sites for hydroxylation is 2. The molecule has 0 amide bonds. The Balaban J connectivity index is 0.000000233. The van der Waals surface area contributed by atoms with E-state index in [0.29, 0.717) is 45.3 Å². The quantitative estimate of drug-likeness (QED) is 0.0554. The van der Waals surface area contributed by atoms with Crippen LogP contribution >= 0.6 is 0 Å². The van der Waals surface area contributed by atoms with Crippen molar-refractivity contribution >= 4 is 41.6 Å². The molecule has 0 aromatic heterocycles. The summed E-state index contributed by atoms with van der Waals surface area (Å²) in [6, 6.07) is 60.6. The molecule has 81 heavy (non-hydrogen) atoms. The molecule has 0 aliphatic carbocycles. The van der Waals surface area contributed by atoms with Crippen molar-refractivity contribution < 1.29 is 72.6 Å². The Morgan fingerprint density at radius 2 is 0.556 bits per heavy atom. The first kappa shape index (κ1) is 59.3. The Kier molecular flexibility index (Phi) is 21.2. The average molecular weight is 1090 g/mol. The van der Waals surface area contributed by atoms with Crippen molar-refractivity contribution in [1.82, 2.24) is 0 Å². The summed E-state index contributed by atoms with van der Waals surface area (Å²) in [6.07, 6.45) is 0. The number of aromatic hydroxyl groups is 1. The van der Waals surface area contributed by atoms with Gasteiger partial charge in [0.25, 0.3) is 0 Å². The standard InChI is InChI=1S/C36H26O9.C13H12O.C9H8O3.C8H8O2/c1-41-29-15-11-28(12-16-29)36(40)44-31-19-9-24(10-20-31)23-7-17-30(18-8-23)43-34(38)26-3-5-27(6-4-26)35(39)45-32-21-13-25(14-22-32)33(37)42-2;1-10-2-4-11(5-3-10)12-6-8-13(14)9-7-12;1-6(10)7-2-4-8(5-3-7)9(11)12;1-6-2-4-7(5-3-6)8(9)10/h3-22H,1-2H3;2-9,14H,1H3;2-5H,1H3,(H,11,12);2-5H,1H3,(H,9,10). The molecular weight excluding hydrogens is 1030 g/mol. The maximum Gasteiger partial charge on any atom is 0.343 e. The summed E-state index contributed by atoms with van der Waals surface area (Å²) in [5.41, 5.74) is 8.65. The minimum atomic E-state index is -0.981. The van der Waals surface area contributed by atoms with E-state index in [0.717, 1.165) is 22.3 Å². The van der Waals surface area contributed by atoms with Crippen LogP contribution in [0.4, 0.5) is 0 Å². The molecule has 9 aromatic carbocycles. The van der Waals surface area contributed by atoms with Crippen molar-refractivity contribution in [2.24, 2.45) is 0 Å². The predicted molar refractivity (Wildman–Crippen MR) is 304 cm³/mol. The predicted octanol–water partition coefficient (Wildman–Crippen LogP) is 13.5. The topological polar surface area (TPSA) is 226 Å². The van der Waals surface area contributed by atoms with Gasteiger partial charge in [0.15, 0.2) is 5.78 Å². The highest BCUT2D eigenvalue weighted by molar-refractivity contribution is 5.97. The van der Waals surface area contributed by atoms with Gasteiger partial charge >= 0.3 is 35.8 Å². The maximum absolute atomic E-state index is 12.7. The van der Waals surface area contributed by atoms with E-state index in [4.69, 9.17) is 34.3 Å². The zero-order valence-corrected chi connectivity index (χ0v) is 44.5. The summed E-state index contributed by atoms with van der Waals surface area (Å²) >= 11 is 0. The number of Topliss-reactive ketones (excluding diaryl/α,β-unsaturated/α-hetero) is 1. The zero-order valence-electron chi connectivity index (χ0n) is 44.5. The van der Waals surface area contributed by atoms with Crippen LogP contribution in [0.1, 0.15) is 90.6 Å². The minimum Gasteiger partial charge on any atom is -0.508 e. The highest BCUT2D eigenvalue weighted by Crippen LogP contribution is 2.27. The number of ketones is 1. The third kappa shape index (κ3) is 18.1.